The molecule has 3 heteroatoms. The largest absolute Gasteiger partial charge is 0.395 e. The summed E-state index contributed by atoms with van der Waals surface area (Å²) in [5.41, 5.74) is 10.3. The molecule has 0 atom stereocenters. The molecule has 0 aliphatic carbocycles. The van der Waals surface area contributed by atoms with Crippen LogP contribution in [0.5, 0.6) is 0 Å². The lowest BCUT2D eigenvalue weighted by atomic mass is 10.3. The Kier molecular flexibility index (Phi) is 1.88. The van der Waals surface area contributed by atoms with Gasteiger partial charge in [-0.1, -0.05) is 6.07 Å². The van der Waals surface area contributed by atoms with Gasteiger partial charge in [0, 0.05) is 26.0 Å². The minimum Gasteiger partial charge on any atom is -0.395 e. The number of anilines is 2. The van der Waals surface area contributed by atoms with E-state index in [9.17, 15) is 0 Å². The highest BCUT2D eigenvalue weighted by atomic mass is 15.1. The molecule has 0 spiro atoms. The maximum absolute atomic E-state index is 6.08. The van der Waals surface area contributed by atoms with E-state index in [-0.39, 0.29) is 0 Å². The normalized spacial score (nSPS) is 10.8. The molecular weight excluding hydrogens is 174 g/mol. The molecule has 2 aromatic rings. The van der Waals surface area contributed by atoms with Gasteiger partial charge in [0.2, 0.25) is 0 Å². The van der Waals surface area contributed by atoms with Crippen LogP contribution in [-0.4, -0.2) is 18.5 Å². The van der Waals surface area contributed by atoms with E-state index in [1.165, 1.54) is 5.69 Å². The second-order valence-corrected chi connectivity index (χ2v) is 3.70. The van der Waals surface area contributed by atoms with Crippen LogP contribution in [0.2, 0.25) is 0 Å². The van der Waals surface area contributed by atoms with Crippen molar-refractivity contribution in [1.29, 1.82) is 0 Å². The highest BCUT2D eigenvalue weighted by Gasteiger charge is 2.13. The molecule has 0 saturated carbocycles. The first-order chi connectivity index (χ1) is 6.63. The van der Waals surface area contributed by atoms with Crippen LogP contribution in [0.25, 0.3) is 5.52 Å². The minimum absolute atomic E-state index is 0.855. The van der Waals surface area contributed by atoms with Gasteiger partial charge in [0.25, 0.3) is 0 Å². The molecule has 74 valence electrons. The SMILES string of the molecule is Cc1c(N(C)C)c(N)c2ccccn12. The van der Waals surface area contributed by atoms with Crippen molar-refractivity contribution in [2.24, 2.45) is 0 Å². The average Bonchev–Trinajstić information content (AvgIpc) is 2.41. The first kappa shape index (κ1) is 8.94. The number of rotatable bonds is 1. The fourth-order valence-corrected chi connectivity index (χ4v) is 1.95. The highest BCUT2D eigenvalue weighted by molar-refractivity contribution is 5.86. The number of aryl methyl sites for hydroxylation is 1. The molecule has 0 aromatic carbocycles. The van der Waals surface area contributed by atoms with E-state index in [0.717, 1.165) is 16.9 Å². The summed E-state index contributed by atoms with van der Waals surface area (Å²) in [6.45, 7) is 2.08. The molecule has 0 unspecified atom stereocenters. The third kappa shape index (κ3) is 1.05. The third-order valence-electron chi connectivity index (χ3n) is 2.54. The van der Waals surface area contributed by atoms with Crippen molar-refractivity contribution in [3.63, 3.8) is 0 Å². The molecule has 14 heavy (non-hydrogen) atoms. The average molecular weight is 189 g/mol. The van der Waals surface area contributed by atoms with Crippen LogP contribution >= 0.6 is 0 Å². The monoisotopic (exact) mass is 189 g/mol. The minimum atomic E-state index is 0.855. The van der Waals surface area contributed by atoms with Crippen LogP contribution in [0.3, 0.4) is 0 Å². The summed E-state index contributed by atoms with van der Waals surface area (Å²) < 4.78 is 2.12. The molecule has 2 rings (SSSR count). The smallest absolute Gasteiger partial charge is 0.0815 e. The second kappa shape index (κ2) is 2.94. The van der Waals surface area contributed by atoms with Crippen LogP contribution in [0, 0.1) is 6.92 Å². The van der Waals surface area contributed by atoms with Gasteiger partial charge in [-0.15, -0.1) is 0 Å². The van der Waals surface area contributed by atoms with Gasteiger partial charge in [-0.05, 0) is 19.1 Å². The van der Waals surface area contributed by atoms with Gasteiger partial charge in [-0.25, -0.2) is 0 Å². The standard InChI is InChI=1S/C11H15N3/c1-8-11(13(2)3)10(12)9-6-4-5-7-14(8)9/h4-7H,12H2,1-3H3. The van der Waals surface area contributed by atoms with Crippen molar-refractivity contribution in [2.45, 2.75) is 6.92 Å². The Morgan fingerprint density at radius 1 is 1.29 bits per heavy atom. The Bertz CT molecular complexity index is 430. The first-order valence-corrected chi connectivity index (χ1v) is 4.65. The molecule has 0 aliphatic rings. The summed E-state index contributed by atoms with van der Waals surface area (Å²) in [6.07, 6.45) is 2.04. The Morgan fingerprint density at radius 3 is 2.57 bits per heavy atom. The molecule has 0 bridgehead atoms. The predicted molar refractivity (Wildman–Crippen MR) is 60.9 cm³/mol. The second-order valence-electron chi connectivity index (χ2n) is 3.70. The zero-order chi connectivity index (χ0) is 10.3. The van der Waals surface area contributed by atoms with Crippen molar-refractivity contribution in [3.05, 3.63) is 30.1 Å². The summed E-state index contributed by atoms with van der Waals surface area (Å²) in [4.78, 5) is 2.05. The fourth-order valence-electron chi connectivity index (χ4n) is 1.95. The summed E-state index contributed by atoms with van der Waals surface area (Å²) in [7, 11) is 4.02. The maximum Gasteiger partial charge on any atom is 0.0815 e. The van der Waals surface area contributed by atoms with E-state index in [2.05, 4.69) is 16.2 Å². The number of nitrogen functional groups attached to an aromatic ring is 1. The Morgan fingerprint density at radius 2 is 2.00 bits per heavy atom. The van der Waals surface area contributed by atoms with Gasteiger partial charge in [0.15, 0.2) is 0 Å². The molecule has 0 amide bonds. The molecule has 2 N–H and O–H groups in total. The molecule has 0 saturated heterocycles. The Hall–Kier alpha value is -1.64. The van der Waals surface area contributed by atoms with Gasteiger partial charge >= 0.3 is 0 Å². The maximum atomic E-state index is 6.08. The quantitative estimate of drug-likeness (QED) is 0.743. The van der Waals surface area contributed by atoms with E-state index in [1.54, 1.807) is 0 Å². The van der Waals surface area contributed by atoms with Crippen molar-refractivity contribution in [1.82, 2.24) is 4.40 Å². The number of hydrogen-bond acceptors (Lipinski definition) is 2. The van der Waals surface area contributed by atoms with Gasteiger partial charge in [0.1, 0.15) is 0 Å². The van der Waals surface area contributed by atoms with Gasteiger partial charge in [-0.2, -0.15) is 0 Å². The molecule has 0 fully saturated rings. The van der Waals surface area contributed by atoms with Crippen molar-refractivity contribution >= 4 is 16.9 Å². The first-order valence-electron chi connectivity index (χ1n) is 4.65. The zero-order valence-corrected chi connectivity index (χ0v) is 8.78. The number of pyridine rings is 1. The van der Waals surface area contributed by atoms with Gasteiger partial charge in [0.05, 0.1) is 16.9 Å². The molecule has 2 heterocycles. The number of aromatic nitrogens is 1. The Labute approximate surface area is 83.7 Å². The van der Waals surface area contributed by atoms with E-state index in [1.807, 2.05) is 38.5 Å². The highest BCUT2D eigenvalue weighted by Crippen LogP contribution is 2.32. The molecule has 0 radical (unpaired) electrons. The van der Waals surface area contributed by atoms with Gasteiger partial charge in [-0.3, -0.25) is 0 Å². The summed E-state index contributed by atoms with van der Waals surface area (Å²) in [6, 6.07) is 6.05. The zero-order valence-electron chi connectivity index (χ0n) is 8.78. The summed E-state index contributed by atoms with van der Waals surface area (Å²) >= 11 is 0. The van der Waals surface area contributed by atoms with Crippen LogP contribution in [-0.2, 0) is 0 Å². The van der Waals surface area contributed by atoms with E-state index < -0.39 is 0 Å². The van der Waals surface area contributed by atoms with E-state index >= 15 is 0 Å². The molecule has 3 nitrogen and oxygen atoms in total. The van der Waals surface area contributed by atoms with Crippen molar-refractivity contribution < 1.29 is 0 Å². The van der Waals surface area contributed by atoms with Crippen molar-refractivity contribution in [2.75, 3.05) is 24.7 Å². The van der Waals surface area contributed by atoms with Crippen LogP contribution in [0.15, 0.2) is 24.4 Å². The fraction of sp³-hybridized carbons (Fsp3) is 0.273. The lowest BCUT2D eigenvalue weighted by molar-refractivity contribution is 1.06. The number of hydrogen-bond donors (Lipinski definition) is 1. The van der Waals surface area contributed by atoms with E-state index in [4.69, 9.17) is 5.73 Å². The lowest BCUT2D eigenvalue weighted by Gasteiger charge is -2.12. The van der Waals surface area contributed by atoms with Gasteiger partial charge < -0.3 is 15.0 Å². The number of nitrogens with two attached hydrogens (primary N) is 1. The molecule has 0 aliphatic heterocycles. The molecule has 2 aromatic heterocycles. The summed E-state index contributed by atoms with van der Waals surface area (Å²) in [5, 5.41) is 0. The summed E-state index contributed by atoms with van der Waals surface area (Å²) in [5.74, 6) is 0. The predicted octanol–water partition coefficient (Wildman–Crippen LogP) is 1.90. The molecular formula is C11H15N3. The van der Waals surface area contributed by atoms with Crippen LogP contribution in [0.1, 0.15) is 5.69 Å². The third-order valence-corrected chi connectivity index (χ3v) is 2.54. The van der Waals surface area contributed by atoms with Crippen LogP contribution in [0.4, 0.5) is 11.4 Å². The Balaban J connectivity index is 2.85. The van der Waals surface area contributed by atoms with Crippen LogP contribution < -0.4 is 10.6 Å². The number of nitrogens with zero attached hydrogens (tertiary/aromatic N) is 2. The van der Waals surface area contributed by atoms with E-state index in [0.29, 0.717) is 0 Å². The number of fused-ring (bicyclic) bond motifs is 1. The lowest BCUT2D eigenvalue weighted by Crippen LogP contribution is -2.10. The topological polar surface area (TPSA) is 33.7 Å². The van der Waals surface area contributed by atoms with Crippen molar-refractivity contribution in [3.8, 4) is 0 Å².